The molecule has 0 saturated heterocycles. The summed E-state index contributed by atoms with van der Waals surface area (Å²) in [5, 5.41) is 6.73. The van der Waals surface area contributed by atoms with Gasteiger partial charge in [0.15, 0.2) is 5.96 Å². The van der Waals surface area contributed by atoms with E-state index in [2.05, 4.69) is 70.6 Å². The zero-order valence-electron chi connectivity index (χ0n) is 26.1. The number of aliphatic imine (C=N–C) groups is 1. The van der Waals surface area contributed by atoms with Gasteiger partial charge in [-0.25, -0.2) is 8.78 Å². The standard InChI is InChI=1S/C35H48F2N6/c1-8-13-27(14-9-2)34(43-22-28(15-10-3)29(23-43)16-11-4)26(7)42-33(17-12-18-40-35(38)39)25(6)41-21-30-31(36)19-24(5)20-32(30)37/h8-11,13-16,19-20,33-34,41-42H,1,6-7,12,17-18,21-23H2,2-5H3,(H4,38,39,40)/b14-9-,15-10-,16-11-,27-13+. The molecule has 2 atom stereocenters. The van der Waals surface area contributed by atoms with Crippen molar-refractivity contribution in [3.8, 4) is 0 Å². The van der Waals surface area contributed by atoms with Gasteiger partial charge in [0, 0.05) is 43.1 Å². The van der Waals surface area contributed by atoms with Crippen molar-refractivity contribution in [2.45, 2.75) is 59.2 Å². The lowest BCUT2D eigenvalue weighted by atomic mass is 9.99. The molecule has 1 aliphatic heterocycles. The van der Waals surface area contributed by atoms with Crippen LogP contribution in [0, 0.1) is 18.6 Å². The van der Waals surface area contributed by atoms with Gasteiger partial charge in [-0.3, -0.25) is 9.89 Å². The van der Waals surface area contributed by atoms with Crippen molar-refractivity contribution in [1.29, 1.82) is 0 Å². The molecular weight excluding hydrogens is 542 g/mol. The molecule has 2 rings (SSSR count). The van der Waals surface area contributed by atoms with Gasteiger partial charge in [0.2, 0.25) is 0 Å². The van der Waals surface area contributed by atoms with Crippen LogP contribution >= 0.6 is 0 Å². The fraction of sp³-hybridized carbons (Fsp3) is 0.343. The molecule has 1 aromatic rings. The number of nitrogens with zero attached hydrogens (tertiary/aromatic N) is 2. The Balaban J connectivity index is 2.38. The van der Waals surface area contributed by atoms with E-state index in [1.165, 1.54) is 23.3 Å². The number of aryl methyl sites for hydroxylation is 1. The molecule has 2 unspecified atom stereocenters. The molecule has 0 saturated carbocycles. The molecule has 0 spiro atoms. The average Bonchev–Trinajstić information content (AvgIpc) is 3.31. The maximum Gasteiger partial charge on any atom is 0.185 e. The molecule has 0 fully saturated rings. The fourth-order valence-electron chi connectivity index (χ4n) is 5.16. The number of benzene rings is 1. The van der Waals surface area contributed by atoms with E-state index in [4.69, 9.17) is 11.5 Å². The highest BCUT2D eigenvalue weighted by Gasteiger charge is 2.31. The summed E-state index contributed by atoms with van der Waals surface area (Å²) in [6.07, 6.45) is 17.5. The van der Waals surface area contributed by atoms with Gasteiger partial charge in [-0.05, 0) is 75.0 Å². The van der Waals surface area contributed by atoms with Crippen molar-refractivity contribution in [2.24, 2.45) is 16.5 Å². The van der Waals surface area contributed by atoms with E-state index in [9.17, 15) is 8.78 Å². The molecule has 0 amide bonds. The Hall–Kier alpha value is -4.17. The number of hydrogen-bond acceptors (Lipinski definition) is 4. The summed E-state index contributed by atoms with van der Waals surface area (Å²) < 4.78 is 29.1. The molecule has 0 radical (unpaired) electrons. The first-order chi connectivity index (χ1) is 20.6. The van der Waals surface area contributed by atoms with E-state index in [0.717, 1.165) is 24.4 Å². The average molecular weight is 591 g/mol. The molecule has 232 valence electrons. The minimum absolute atomic E-state index is 0.0252. The number of rotatable bonds is 17. The molecule has 6 N–H and O–H groups in total. The highest BCUT2D eigenvalue weighted by Crippen LogP contribution is 2.29. The third kappa shape index (κ3) is 10.6. The topological polar surface area (TPSA) is 91.7 Å². The molecule has 0 aromatic heterocycles. The van der Waals surface area contributed by atoms with Gasteiger partial charge >= 0.3 is 0 Å². The Bertz CT molecular complexity index is 1280. The van der Waals surface area contributed by atoms with Gasteiger partial charge in [0.05, 0.1) is 12.1 Å². The van der Waals surface area contributed by atoms with Crippen LogP contribution in [0.25, 0.3) is 0 Å². The van der Waals surface area contributed by atoms with Crippen molar-refractivity contribution >= 4 is 5.96 Å². The molecule has 0 aliphatic carbocycles. The largest absolute Gasteiger partial charge is 0.383 e. The monoisotopic (exact) mass is 590 g/mol. The van der Waals surface area contributed by atoms with Crippen LogP contribution in [0.15, 0.2) is 114 Å². The van der Waals surface area contributed by atoms with Gasteiger partial charge in [-0.1, -0.05) is 68.3 Å². The van der Waals surface area contributed by atoms with Crippen molar-refractivity contribution in [2.75, 3.05) is 19.6 Å². The summed E-state index contributed by atoms with van der Waals surface area (Å²) in [6.45, 7) is 22.2. The van der Waals surface area contributed by atoms with E-state index >= 15 is 0 Å². The second-order valence-corrected chi connectivity index (χ2v) is 10.5. The first-order valence-corrected chi connectivity index (χ1v) is 14.6. The van der Waals surface area contributed by atoms with E-state index in [0.29, 0.717) is 30.6 Å². The zero-order chi connectivity index (χ0) is 31.9. The number of hydrogen-bond donors (Lipinski definition) is 4. The van der Waals surface area contributed by atoms with Crippen LogP contribution in [0.3, 0.4) is 0 Å². The lowest BCUT2D eigenvalue weighted by Crippen LogP contribution is -2.45. The number of nitrogens with one attached hydrogen (secondary N) is 2. The third-order valence-electron chi connectivity index (χ3n) is 7.08. The van der Waals surface area contributed by atoms with Crippen LogP contribution in [0.2, 0.25) is 0 Å². The number of nitrogens with two attached hydrogens (primary N) is 2. The van der Waals surface area contributed by atoms with Crippen molar-refractivity contribution in [1.82, 2.24) is 15.5 Å². The second kappa shape index (κ2) is 17.7. The summed E-state index contributed by atoms with van der Waals surface area (Å²) in [5.74, 6) is -1.17. The van der Waals surface area contributed by atoms with Crippen LogP contribution in [0.1, 0.15) is 44.7 Å². The highest BCUT2D eigenvalue weighted by molar-refractivity contribution is 5.75. The van der Waals surface area contributed by atoms with Gasteiger partial charge in [-0.2, -0.15) is 0 Å². The molecule has 1 heterocycles. The second-order valence-electron chi connectivity index (χ2n) is 10.5. The summed E-state index contributed by atoms with van der Waals surface area (Å²) in [6, 6.07) is 2.13. The maximum absolute atomic E-state index is 14.6. The van der Waals surface area contributed by atoms with Crippen LogP contribution in [-0.2, 0) is 6.54 Å². The van der Waals surface area contributed by atoms with Gasteiger partial charge in [0.25, 0.3) is 0 Å². The summed E-state index contributed by atoms with van der Waals surface area (Å²) >= 11 is 0. The lowest BCUT2D eigenvalue weighted by Gasteiger charge is -2.34. The Morgan fingerprint density at radius 1 is 1.02 bits per heavy atom. The molecule has 0 bridgehead atoms. The smallest absolute Gasteiger partial charge is 0.185 e. The summed E-state index contributed by atoms with van der Waals surface area (Å²) in [5.41, 5.74) is 16.4. The Labute approximate surface area is 256 Å². The first kappa shape index (κ1) is 35.0. The van der Waals surface area contributed by atoms with Crippen LogP contribution in [0.5, 0.6) is 0 Å². The number of allylic oxidation sites excluding steroid dienone is 5. The third-order valence-corrected chi connectivity index (χ3v) is 7.08. The summed E-state index contributed by atoms with van der Waals surface area (Å²) in [4.78, 5) is 6.46. The predicted octanol–water partition coefficient (Wildman–Crippen LogP) is 6.22. The van der Waals surface area contributed by atoms with E-state index < -0.39 is 11.6 Å². The predicted molar refractivity (Wildman–Crippen MR) is 178 cm³/mol. The Morgan fingerprint density at radius 3 is 2.14 bits per heavy atom. The molecule has 8 heteroatoms. The Kier molecular flexibility index (Phi) is 14.4. The summed E-state index contributed by atoms with van der Waals surface area (Å²) in [7, 11) is 0. The van der Waals surface area contributed by atoms with Gasteiger partial charge < -0.3 is 22.1 Å². The minimum Gasteiger partial charge on any atom is -0.383 e. The van der Waals surface area contributed by atoms with Crippen molar-refractivity contribution < 1.29 is 8.78 Å². The van der Waals surface area contributed by atoms with E-state index in [1.807, 2.05) is 32.9 Å². The van der Waals surface area contributed by atoms with E-state index in [-0.39, 0.29) is 30.2 Å². The van der Waals surface area contributed by atoms with Crippen molar-refractivity contribution in [3.05, 3.63) is 131 Å². The quantitative estimate of drug-likeness (QED) is 0.0748. The van der Waals surface area contributed by atoms with Crippen LogP contribution in [0.4, 0.5) is 8.78 Å². The van der Waals surface area contributed by atoms with E-state index in [1.54, 1.807) is 13.0 Å². The zero-order valence-corrected chi connectivity index (χ0v) is 26.1. The minimum atomic E-state index is -0.597. The van der Waals surface area contributed by atoms with Gasteiger partial charge in [0.1, 0.15) is 11.6 Å². The SMILES string of the molecule is C=C/C=C(\C=C/C)C(C(=C)NC(CCCN=C(N)N)C(=C)NCc1c(F)cc(C)cc1F)N1CC(/C=C\C)=C(/C=C\C)C1. The molecule has 43 heavy (non-hydrogen) atoms. The lowest BCUT2D eigenvalue weighted by molar-refractivity contribution is 0.299. The molecule has 1 aromatic carbocycles. The van der Waals surface area contributed by atoms with Crippen LogP contribution in [-0.4, -0.2) is 42.6 Å². The molecule has 1 aliphatic rings. The van der Waals surface area contributed by atoms with Crippen LogP contribution < -0.4 is 22.1 Å². The van der Waals surface area contributed by atoms with Crippen molar-refractivity contribution in [3.63, 3.8) is 0 Å². The first-order valence-electron chi connectivity index (χ1n) is 14.6. The highest BCUT2D eigenvalue weighted by atomic mass is 19.1. The molecule has 6 nitrogen and oxygen atoms in total. The number of halogens is 2. The fourth-order valence-corrected chi connectivity index (χ4v) is 5.16. The Morgan fingerprint density at radius 2 is 1.63 bits per heavy atom. The van der Waals surface area contributed by atoms with Gasteiger partial charge in [-0.15, -0.1) is 0 Å². The number of guanidine groups is 1. The molecular formula is C35H48F2N6. The maximum atomic E-state index is 14.6. The normalized spacial score (nSPS) is 15.8.